The van der Waals surface area contributed by atoms with Gasteiger partial charge in [0, 0.05) is 50.4 Å². The lowest BCUT2D eigenvalue weighted by Gasteiger charge is -2.33. The number of rotatable bonds is 5. The number of piperazine rings is 1. The average molecular weight is 441 g/mol. The standard InChI is InChI=1S/C22H25ClN6O2/c1-15-4-6-17(7-5-15)22-24-19(31-26-22)14-28-10-12-29(13-11-28)20(30)9-8-18-16(2)25-27(3)21(18)23/h4-9H,10-14H2,1-3H3/b9-8+. The lowest BCUT2D eigenvalue weighted by molar-refractivity contribution is -0.127. The van der Waals surface area contributed by atoms with Crippen LogP contribution in [0.1, 0.15) is 22.7 Å². The highest BCUT2D eigenvalue weighted by atomic mass is 35.5. The normalized spacial score (nSPS) is 15.2. The Morgan fingerprint density at radius 1 is 1.16 bits per heavy atom. The molecule has 1 fully saturated rings. The van der Waals surface area contributed by atoms with E-state index in [-0.39, 0.29) is 5.91 Å². The third-order valence-electron chi connectivity index (χ3n) is 5.41. The lowest BCUT2D eigenvalue weighted by Crippen LogP contribution is -2.47. The van der Waals surface area contributed by atoms with E-state index in [0.29, 0.717) is 36.5 Å². The summed E-state index contributed by atoms with van der Waals surface area (Å²) in [7, 11) is 1.78. The Morgan fingerprint density at radius 3 is 2.52 bits per heavy atom. The average Bonchev–Trinajstić information content (AvgIpc) is 3.32. The molecule has 8 nitrogen and oxygen atoms in total. The van der Waals surface area contributed by atoms with Crippen molar-refractivity contribution < 1.29 is 9.32 Å². The molecule has 0 spiro atoms. The number of halogens is 1. The van der Waals surface area contributed by atoms with Crippen molar-refractivity contribution in [1.29, 1.82) is 0 Å². The van der Waals surface area contributed by atoms with Crippen LogP contribution < -0.4 is 0 Å². The highest BCUT2D eigenvalue weighted by Crippen LogP contribution is 2.20. The first-order chi connectivity index (χ1) is 14.9. The third-order valence-corrected chi connectivity index (χ3v) is 5.86. The van der Waals surface area contributed by atoms with Crippen LogP contribution in [0.15, 0.2) is 34.9 Å². The summed E-state index contributed by atoms with van der Waals surface area (Å²) in [4.78, 5) is 21.1. The Hall–Kier alpha value is -2.97. The quantitative estimate of drug-likeness (QED) is 0.567. The Kier molecular flexibility index (Phi) is 6.20. The number of amides is 1. The van der Waals surface area contributed by atoms with Crippen molar-refractivity contribution >= 4 is 23.6 Å². The first-order valence-corrected chi connectivity index (χ1v) is 10.6. The first-order valence-electron chi connectivity index (χ1n) is 10.2. The van der Waals surface area contributed by atoms with Gasteiger partial charge in [-0.25, -0.2) is 0 Å². The molecule has 0 saturated carbocycles. The molecule has 0 radical (unpaired) electrons. The summed E-state index contributed by atoms with van der Waals surface area (Å²) in [6.45, 7) is 7.26. The molecule has 4 rings (SSSR count). The van der Waals surface area contributed by atoms with Gasteiger partial charge in [0.15, 0.2) is 0 Å². The second kappa shape index (κ2) is 9.03. The van der Waals surface area contributed by atoms with Gasteiger partial charge in [0.05, 0.1) is 12.2 Å². The number of nitrogens with zero attached hydrogens (tertiary/aromatic N) is 6. The minimum absolute atomic E-state index is 0.0292. The van der Waals surface area contributed by atoms with Crippen molar-refractivity contribution in [2.75, 3.05) is 26.2 Å². The summed E-state index contributed by atoms with van der Waals surface area (Å²) in [6.07, 6.45) is 3.31. The summed E-state index contributed by atoms with van der Waals surface area (Å²) in [5, 5.41) is 8.87. The summed E-state index contributed by atoms with van der Waals surface area (Å²) < 4.78 is 7.02. The van der Waals surface area contributed by atoms with Crippen LogP contribution in [0, 0.1) is 13.8 Å². The zero-order chi connectivity index (χ0) is 22.0. The molecule has 0 aliphatic carbocycles. The van der Waals surface area contributed by atoms with E-state index in [0.717, 1.165) is 29.9 Å². The summed E-state index contributed by atoms with van der Waals surface area (Å²) in [5.41, 5.74) is 3.70. The van der Waals surface area contributed by atoms with Crippen molar-refractivity contribution in [2.45, 2.75) is 20.4 Å². The third kappa shape index (κ3) is 4.86. The van der Waals surface area contributed by atoms with Gasteiger partial charge in [-0.2, -0.15) is 10.1 Å². The molecule has 1 aromatic carbocycles. The molecule has 0 N–H and O–H groups in total. The smallest absolute Gasteiger partial charge is 0.246 e. The summed E-state index contributed by atoms with van der Waals surface area (Å²) in [6, 6.07) is 8.03. The molecule has 0 atom stereocenters. The number of aromatic nitrogens is 4. The van der Waals surface area contributed by atoms with Crippen LogP contribution in [0.3, 0.4) is 0 Å². The second-order valence-corrected chi connectivity index (χ2v) is 8.08. The van der Waals surface area contributed by atoms with Gasteiger partial charge in [0.2, 0.25) is 17.6 Å². The van der Waals surface area contributed by atoms with Crippen molar-refractivity contribution in [3.8, 4) is 11.4 Å². The minimum Gasteiger partial charge on any atom is -0.338 e. The maximum Gasteiger partial charge on any atom is 0.246 e. The molecule has 31 heavy (non-hydrogen) atoms. The van der Waals surface area contributed by atoms with E-state index in [4.69, 9.17) is 16.1 Å². The van der Waals surface area contributed by atoms with Gasteiger partial charge in [0.1, 0.15) is 5.15 Å². The van der Waals surface area contributed by atoms with Crippen molar-refractivity contribution in [3.63, 3.8) is 0 Å². The summed E-state index contributed by atoms with van der Waals surface area (Å²) >= 11 is 6.22. The van der Waals surface area contributed by atoms with Crippen molar-refractivity contribution in [2.24, 2.45) is 7.05 Å². The Labute approximate surface area is 186 Å². The topological polar surface area (TPSA) is 80.3 Å². The number of hydrogen-bond acceptors (Lipinski definition) is 6. The first kappa shape index (κ1) is 21.3. The SMILES string of the molecule is Cc1ccc(-c2noc(CN3CCN(C(=O)/C=C/c4c(C)nn(C)c4Cl)CC3)n2)cc1. The van der Waals surface area contributed by atoms with E-state index < -0.39 is 0 Å². The molecule has 3 heterocycles. The van der Waals surface area contributed by atoms with E-state index in [9.17, 15) is 4.79 Å². The van der Waals surface area contributed by atoms with Crippen LogP contribution in [0.2, 0.25) is 5.15 Å². The monoisotopic (exact) mass is 440 g/mol. The van der Waals surface area contributed by atoms with Gasteiger partial charge >= 0.3 is 0 Å². The van der Waals surface area contributed by atoms with E-state index in [1.54, 1.807) is 23.9 Å². The molecular weight excluding hydrogens is 416 g/mol. The number of benzene rings is 1. The van der Waals surface area contributed by atoms with E-state index in [1.807, 2.05) is 43.0 Å². The number of carbonyl (C=O) groups excluding carboxylic acids is 1. The molecule has 1 aliphatic rings. The molecule has 162 valence electrons. The lowest BCUT2D eigenvalue weighted by atomic mass is 10.1. The van der Waals surface area contributed by atoms with Crippen LogP contribution in [-0.2, 0) is 18.4 Å². The van der Waals surface area contributed by atoms with Crippen LogP contribution in [0.5, 0.6) is 0 Å². The fourth-order valence-corrected chi connectivity index (χ4v) is 3.79. The highest BCUT2D eigenvalue weighted by molar-refractivity contribution is 6.31. The van der Waals surface area contributed by atoms with Gasteiger partial charge in [-0.1, -0.05) is 46.6 Å². The van der Waals surface area contributed by atoms with E-state index in [2.05, 4.69) is 20.1 Å². The van der Waals surface area contributed by atoms with Crippen LogP contribution >= 0.6 is 11.6 Å². The van der Waals surface area contributed by atoms with Gasteiger partial charge in [0.25, 0.3) is 0 Å². The van der Waals surface area contributed by atoms with Crippen LogP contribution in [0.25, 0.3) is 17.5 Å². The van der Waals surface area contributed by atoms with Crippen LogP contribution in [0.4, 0.5) is 0 Å². The Bertz CT molecular complexity index is 1090. The molecule has 1 amide bonds. The Morgan fingerprint density at radius 2 is 1.87 bits per heavy atom. The predicted molar refractivity (Wildman–Crippen MR) is 118 cm³/mol. The van der Waals surface area contributed by atoms with Crippen molar-refractivity contribution in [3.05, 3.63) is 58.2 Å². The molecule has 2 aromatic heterocycles. The van der Waals surface area contributed by atoms with Crippen LogP contribution in [-0.4, -0.2) is 61.8 Å². The van der Waals surface area contributed by atoms with Crippen molar-refractivity contribution in [1.82, 2.24) is 29.7 Å². The molecule has 0 unspecified atom stereocenters. The largest absolute Gasteiger partial charge is 0.338 e. The van der Waals surface area contributed by atoms with Gasteiger partial charge in [-0.3, -0.25) is 14.4 Å². The highest BCUT2D eigenvalue weighted by Gasteiger charge is 2.22. The minimum atomic E-state index is -0.0292. The zero-order valence-corrected chi connectivity index (χ0v) is 18.6. The zero-order valence-electron chi connectivity index (χ0n) is 17.9. The number of hydrogen-bond donors (Lipinski definition) is 0. The maximum absolute atomic E-state index is 12.6. The Balaban J connectivity index is 1.30. The van der Waals surface area contributed by atoms with E-state index >= 15 is 0 Å². The second-order valence-electron chi connectivity index (χ2n) is 7.73. The van der Waals surface area contributed by atoms with Gasteiger partial charge in [-0.15, -0.1) is 0 Å². The fraction of sp³-hybridized carbons (Fsp3) is 0.364. The number of carbonyl (C=O) groups is 1. The maximum atomic E-state index is 12.6. The van der Waals surface area contributed by atoms with E-state index in [1.165, 1.54) is 5.56 Å². The van der Waals surface area contributed by atoms with Gasteiger partial charge in [-0.05, 0) is 19.9 Å². The molecule has 9 heteroatoms. The number of aryl methyl sites for hydroxylation is 3. The predicted octanol–water partition coefficient (Wildman–Crippen LogP) is 3.10. The molecule has 1 aliphatic heterocycles. The molecular formula is C22H25ClN6O2. The molecule has 1 saturated heterocycles. The summed E-state index contributed by atoms with van der Waals surface area (Å²) in [5.74, 6) is 1.15. The molecule has 3 aromatic rings. The fourth-order valence-electron chi connectivity index (χ4n) is 3.55. The van der Waals surface area contributed by atoms with Gasteiger partial charge < -0.3 is 9.42 Å². The molecule has 0 bridgehead atoms.